The molecule has 1 fully saturated rings. The Balaban J connectivity index is 2.13. The highest BCUT2D eigenvalue weighted by atomic mass is 16.5. The van der Waals surface area contributed by atoms with Crippen molar-refractivity contribution in [2.75, 3.05) is 32.8 Å². The molecule has 4 heteroatoms. The van der Waals surface area contributed by atoms with Crippen molar-refractivity contribution in [3.63, 3.8) is 0 Å². The molecule has 4 nitrogen and oxygen atoms in total. The van der Waals surface area contributed by atoms with Crippen LogP contribution in [0.3, 0.4) is 0 Å². The van der Waals surface area contributed by atoms with Gasteiger partial charge in [0.2, 0.25) is 0 Å². The molecule has 0 saturated carbocycles. The third-order valence-electron chi connectivity index (χ3n) is 3.67. The maximum Gasteiger partial charge on any atom is 0.309 e. The van der Waals surface area contributed by atoms with E-state index < -0.39 is 11.4 Å². The molecule has 0 aliphatic carbocycles. The van der Waals surface area contributed by atoms with Crippen molar-refractivity contribution < 1.29 is 14.6 Å². The fraction of sp³-hybridized carbons (Fsp3) is 0.923. The van der Waals surface area contributed by atoms with Crippen LogP contribution in [0.1, 0.15) is 39.5 Å². The van der Waals surface area contributed by atoms with E-state index in [-0.39, 0.29) is 0 Å². The Morgan fingerprint density at radius 1 is 1.35 bits per heavy atom. The summed E-state index contributed by atoms with van der Waals surface area (Å²) in [4.78, 5) is 13.4. The number of ether oxygens (including phenoxy) is 1. The van der Waals surface area contributed by atoms with Crippen LogP contribution in [-0.2, 0) is 9.53 Å². The van der Waals surface area contributed by atoms with E-state index in [9.17, 15) is 4.79 Å². The van der Waals surface area contributed by atoms with Gasteiger partial charge < -0.3 is 14.7 Å². The van der Waals surface area contributed by atoms with Crippen molar-refractivity contribution in [1.82, 2.24) is 4.90 Å². The Morgan fingerprint density at radius 3 is 2.53 bits per heavy atom. The summed E-state index contributed by atoms with van der Waals surface area (Å²) in [5.74, 6) is -0.656. The van der Waals surface area contributed by atoms with Crippen LogP contribution >= 0.6 is 0 Å². The number of hydrogen-bond donors (Lipinski definition) is 1. The van der Waals surface area contributed by atoms with Gasteiger partial charge in [0.25, 0.3) is 0 Å². The van der Waals surface area contributed by atoms with Crippen LogP contribution in [0.5, 0.6) is 0 Å². The number of rotatable bonds is 7. The van der Waals surface area contributed by atoms with E-state index in [0.29, 0.717) is 0 Å². The number of carboxylic acids is 1. The molecule has 0 unspecified atom stereocenters. The second-order valence-corrected chi connectivity index (χ2v) is 5.17. The quantitative estimate of drug-likeness (QED) is 0.695. The van der Waals surface area contributed by atoms with Crippen molar-refractivity contribution >= 4 is 5.97 Å². The fourth-order valence-corrected chi connectivity index (χ4v) is 2.03. The Bertz CT molecular complexity index is 235. The van der Waals surface area contributed by atoms with E-state index in [1.165, 1.54) is 6.42 Å². The summed E-state index contributed by atoms with van der Waals surface area (Å²) in [5, 5.41) is 9.11. The van der Waals surface area contributed by atoms with Crippen LogP contribution in [-0.4, -0.2) is 48.8 Å². The number of carboxylic acid groups (broad SMARTS) is 1. The zero-order valence-electron chi connectivity index (χ0n) is 11.1. The van der Waals surface area contributed by atoms with E-state index >= 15 is 0 Å². The lowest BCUT2D eigenvalue weighted by Gasteiger charge is -2.36. The predicted molar refractivity (Wildman–Crippen MR) is 67.1 cm³/mol. The lowest BCUT2D eigenvalue weighted by atomic mass is 9.80. The van der Waals surface area contributed by atoms with Gasteiger partial charge in [0, 0.05) is 13.2 Å². The molecule has 0 radical (unpaired) electrons. The zero-order valence-corrected chi connectivity index (χ0v) is 11.1. The first-order chi connectivity index (χ1) is 8.08. The van der Waals surface area contributed by atoms with Crippen molar-refractivity contribution in [2.24, 2.45) is 5.41 Å². The Kier molecular flexibility index (Phi) is 5.92. The maximum atomic E-state index is 11.1. The monoisotopic (exact) mass is 243 g/mol. The molecule has 1 saturated heterocycles. The van der Waals surface area contributed by atoms with Crippen molar-refractivity contribution in [3.05, 3.63) is 0 Å². The molecular weight excluding hydrogens is 218 g/mol. The molecule has 0 aromatic carbocycles. The van der Waals surface area contributed by atoms with E-state index in [4.69, 9.17) is 9.84 Å². The molecule has 1 aliphatic heterocycles. The summed E-state index contributed by atoms with van der Waals surface area (Å²) < 4.78 is 5.52. The lowest BCUT2D eigenvalue weighted by Crippen LogP contribution is -2.43. The molecule has 0 spiro atoms. The Hall–Kier alpha value is -0.610. The number of piperidine rings is 1. The van der Waals surface area contributed by atoms with Gasteiger partial charge in [-0.05, 0) is 39.3 Å². The van der Waals surface area contributed by atoms with Crippen molar-refractivity contribution in [3.8, 4) is 0 Å². The molecule has 0 amide bonds. The van der Waals surface area contributed by atoms with Gasteiger partial charge >= 0.3 is 5.97 Å². The van der Waals surface area contributed by atoms with Gasteiger partial charge in [-0.2, -0.15) is 0 Å². The van der Waals surface area contributed by atoms with Gasteiger partial charge in [0.05, 0.1) is 12.0 Å². The minimum atomic E-state index is -0.656. The molecule has 0 aromatic rings. The first kappa shape index (κ1) is 14.5. The number of hydrogen-bond acceptors (Lipinski definition) is 3. The number of aliphatic carboxylic acids is 1. The van der Waals surface area contributed by atoms with Gasteiger partial charge in [0.15, 0.2) is 0 Å². The van der Waals surface area contributed by atoms with Crippen molar-refractivity contribution in [2.45, 2.75) is 39.5 Å². The molecule has 1 rings (SSSR count). The molecule has 0 bridgehead atoms. The van der Waals surface area contributed by atoms with Crippen LogP contribution in [0.25, 0.3) is 0 Å². The average Bonchev–Trinajstić information content (AvgIpc) is 2.31. The smallest absolute Gasteiger partial charge is 0.309 e. The second kappa shape index (κ2) is 6.97. The van der Waals surface area contributed by atoms with Crippen LogP contribution < -0.4 is 0 Å². The van der Waals surface area contributed by atoms with E-state index in [0.717, 1.165) is 52.1 Å². The Morgan fingerprint density at radius 2 is 2.00 bits per heavy atom. The highest BCUT2D eigenvalue weighted by molar-refractivity contribution is 5.74. The van der Waals surface area contributed by atoms with Crippen LogP contribution in [0, 0.1) is 5.41 Å². The van der Waals surface area contributed by atoms with Gasteiger partial charge in [-0.3, -0.25) is 4.79 Å². The first-order valence-corrected chi connectivity index (χ1v) is 6.62. The second-order valence-electron chi connectivity index (χ2n) is 5.17. The molecule has 0 aromatic heterocycles. The van der Waals surface area contributed by atoms with E-state index in [1.807, 2.05) is 6.92 Å². The minimum absolute atomic E-state index is 0.514. The minimum Gasteiger partial charge on any atom is -0.481 e. The lowest BCUT2D eigenvalue weighted by molar-refractivity contribution is -0.150. The normalized spacial score (nSPS) is 20.4. The number of nitrogens with zero attached hydrogens (tertiary/aromatic N) is 1. The zero-order chi connectivity index (χ0) is 12.7. The van der Waals surface area contributed by atoms with Crippen LogP contribution in [0.15, 0.2) is 0 Å². The maximum absolute atomic E-state index is 11.1. The molecule has 1 aliphatic rings. The number of unbranched alkanes of at least 4 members (excludes halogenated alkanes) is 1. The third kappa shape index (κ3) is 4.64. The van der Waals surface area contributed by atoms with Gasteiger partial charge in [0.1, 0.15) is 0 Å². The SMILES string of the molecule is CCCCOCCN1CCC(C)(C(=O)O)CC1. The molecule has 1 heterocycles. The van der Waals surface area contributed by atoms with E-state index in [2.05, 4.69) is 11.8 Å². The highest BCUT2D eigenvalue weighted by Gasteiger charge is 2.36. The van der Waals surface area contributed by atoms with E-state index in [1.54, 1.807) is 0 Å². The summed E-state index contributed by atoms with van der Waals surface area (Å²) >= 11 is 0. The molecule has 1 N–H and O–H groups in total. The Labute approximate surface area is 104 Å². The summed E-state index contributed by atoms with van der Waals surface area (Å²) in [6, 6.07) is 0. The standard InChI is InChI=1S/C13H25NO3/c1-3-4-10-17-11-9-14-7-5-13(2,6-8-14)12(15)16/h3-11H2,1-2H3,(H,15,16). The van der Waals surface area contributed by atoms with Crippen LogP contribution in [0.4, 0.5) is 0 Å². The third-order valence-corrected chi connectivity index (χ3v) is 3.67. The van der Waals surface area contributed by atoms with Crippen LogP contribution in [0.2, 0.25) is 0 Å². The van der Waals surface area contributed by atoms with Crippen molar-refractivity contribution in [1.29, 1.82) is 0 Å². The fourth-order valence-electron chi connectivity index (χ4n) is 2.03. The summed E-state index contributed by atoms with van der Waals surface area (Å²) in [6.45, 7) is 8.30. The predicted octanol–water partition coefficient (Wildman–Crippen LogP) is 1.99. The number of carbonyl (C=O) groups is 1. The molecule has 0 atom stereocenters. The summed E-state index contributed by atoms with van der Waals surface area (Å²) in [7, 11) is 0. The molecule has 17 heavy (non-hydrogen) atoms. The first-order valence-electron chi connectivity index (χ1n) is 6.62. The van der Waals surface area contributed by atoms with Gasteiger partial charge in [-0.1, -0.05) is 13.3 Å². The summed E-state index contributed by atoms with van der Waals surface area (Å²) in [5.41, 5.74) is -0.514. The highest BCUT2D eigenvalue weighted by Crippen LogP contribution is 2.30. The average molecular weight is 243 g/mol. The topological polar surface area (TPSA) is 49.8 Å². The molecular formula is C13H25NO3. The molecule has 100 valence electrons. The van der Waals surface area contributed by atoms with Gasteiger partial charge in [-0.25, -0.2) is 0 Å². The number of likely N-dealkylation sites (tertiary alicyclic amines) is 1. The largest absolute Gasteiger partial charge is 0.481 e. The summed E-state index contributed by atoms with van der Waals surface area (Å²) in [6.07, 6.45) is 3.78. The van der Waals surface area contributed by atoms with Gasteiger partial charge in [-0.15, -0.1) is 0 Å².